The molecule has 0 spiro atoms. The van der Waals surface area contributed by atoms with Gasteiger partial charge in [-0.25, -0.2) is 0 Å². The minimum Gasteiger partial charge on any atom is -0.354 e. The molecule has 0 radical (unpaired) electrons. The summed E-state index contributed by atoms with van der Waals surface area (Å²) in [7, 11) is 0. The van der Waals surface area contributed by atoms with Gasteiger partial charge in [-0.1, -0.05) is 84.0 Å². The standard InChI is InChI=1S/C25H49N3O2/c1-2-3-4-5-6-7-8-9-11-14-19-24(29)28-22-17-18-23(28)25(30)27-21-16-13-10-12-15-20-26/h23H,2-22,26H2,1H3,(H,27,30). The number of carbonyl (C=O) groups excluding carboxylic acids is 2. The monoisotopic (exact) mass is 423 g/mol. The molecule has 5 heteroatoms. The van der Waals surface area contributed by atoms with E-state index in [1.54, 1.807) is 0 Å². The van der Waals surface area contributed by atoms with E-state index in [0.717, 1.165) is 64.6 Å². The zero-order valence-corrected chi connectivity index (χ0v) is 19.8. The first-order chi connectivity index (χ1) is 14.7. The molecule has 2 amide bonds. The van der Waals surface area contributed by atoms with Crippen molar-refractivity contribution in [3.8, 4) is 0 Å². The molecule has 5 nitrogen and oxygen atoms in total. The van der Waals surface area contributed by atoms with Crippen molar-refractivity contribution in [2.75, 3.05) is 19.6 Å². The van der Waals surface area contributed by atoms with Gasteiger partial charge in [-0.3, -0.25) is 9.59 Å². The lowest BCUT2D eigenvalue weighted by atomic mass is 10.1. The van der Waals surface area contributed by atoms with Crippen molar-refractivity contribution in [1.82, 2.24) is 10.2 Å². The second-order valence-corrected chi connectivity index (χ2v) is 9.02. The van der Waals surface area contributed by atoms with Gasteiger partial charge in [0, 0.05) is 19.5 Å². The Morgan fingerprint density at radius 2 is 1.40 bits per heavy atom. The Hall–Kier alpha value is -1.10. The van der Waals surface area contributed by atoms with E-state index in [1.807, 2.05) is 4.90 Å². The summed E-state index contributed by atoms with van der Waals surface area (Å²) in [4.78, 5) is 27.0. The number of carbonyl (C=O) groups is 2. The van der Waals surface area contributed by atoms with Gasteiger partial charge < -0.3 is 16.0 Å². The second kappa shape index (κ2) is 18.7. The molecule has 176 valence electrons. The number of hydrogen-bond acceptors (Lipinski definition) is 3. The maximum atomic E-state index is 12.6. The van der Waals surface area contributed by atoms with E-state index in [4.69, 9.17) is 5.73 Å². The summed E-state index contributed by atoms with van der Waals surface area (Å²) in [5.74, 6) is 0.222. The first-order valence-corrected chi connectivity index (χ1v) is 13.0. The predicted molar refractivity (Wildman–Crippen MR) is 126 cm³/mol. The van der Waals surface area contributed by atoms with Crippen molar-refractivity contribution in [2.24, 2.45) is 5.73 Å². The minimum atomic E-state index is -0.238. The molecule has 1 aliphatic heterocycles. The molecule has 30 heavy (non-hydrogen) atoms. The Balaban J connectivity index is 2.08. The maximum Gasteiger partial charge on any atom is 0.242 e. The number of likely N-dealkylation sites (tertiary alicyclic amines) is 1. The average molecular weight is 424 g/mol. The van der Waals surface area contributed by atoms with Gasteiger partial charge in [0.2, 0.25) is 11.8 Å². The van der Waals surface area contributed by atoms with Gasteiger partial charge >= 0.3 is 0 Å². The molecule has 0 aliphatic carbocycles. The molecular weight excluding hydrogens is 374 g/mol. The largest absolute Gasteiger partial charge is 0.354 e. The van der Waals surface area contributed by atoms with Crippen molar-refractivity contribution in [3.63, 3.8) is 0 Å². The number of hydrogen-bond donors (Lipinski definition) is 2. The molecule has 1 aliphatic rings. The number of nitrogens with zero attached hydrogens (tertiary/aromatic N) is 1. The highest BCUT2D eigenvalue weighted by molar-refractivity contribution is 5.88. The van der Waals surface area contributed by atoms with Crippen LogP contribution in [0.4, 0.5) is 0 Å². The zero-order valence-electron chi connectivity index (χ0n) is 19.8. The lowest BCUT2D eigenvalue weighted by Crippen LogP contribution is -2.46. The fourth-order valence-corrected chi connectivity index (χ4v) is 4.37. The van der Waals surface area contributed by atoms with E-state index in [2.05, 4.69) is 12.2 Å². The molecule has 0 aromatic heterocycles. The molecule has 1 rings (SSSR count). The Morgan fingerprint density at radius 3 is 2.03 bits per heavy atom. The van der Waals surface area contributed by atoms with E-state index < -0.39 is 0 Å². The summed E-state index contributed by atoms with van der Waals surface area (Å²) in [6.45, 7) is 4.49. The minimum absolute atomic E-state index is 0.0471. The molecule has 0 bridgehead atoms. The van der Waals surface area contributed by atoms with Gasteiger partial charge in [0.1, 0.15) is 6.04 Å². The third-order valence-electron chi connectivity index (χ3n) is 6.30. The van der Waals surface area contributed by atoms with Crippen LogP contribution in [0.5, 0.6) is 0 Å². The first kappa shape index (κ1) is 26.9. The van der Waals surface area contributed by atoms with Crippen LogP contribution in [0.25, 0.3) is 0 Å². The van der Waals surface area contributed by atoms with E-state index >= 15 is 0 Å². The summed E-state index contributed by atoms with van der Waals surface area (Å²) in [6.07, 6.45) is 20.7. The predicted octanol–water partition coefficient (Wildman–Crippen LogP) is 5.31. The van der Waals surface area contributed by atoms with E-state index in [0.29, 0.717) is 6.42 Å². The molecule has 1 atom stereocenters. The number of nitrogens with one attached hydrogen (secondary N) is 1. The van der Waals surface area contributed by atoms with Gasteiger partial charge in [-0.05, 0) is 38.6 Å². The van der Waals surface area contributed by atoms with Crippen LogP contribution in [-0.4, -0.2) is 42.4 Å². The molecule has 1 saturated heterocycles. The van der Waals surface area contributed by atoms with Crippen LogP contribution in [0.15, 0.2) is 0 Å². The van der Waals surface area contributed by atoms with Gasteiger partial charge in [-0.15, -0.1) is 0 Å². The van der Waals surface area contributed by atoms with Crippen LogP contribution < -0.4 is 11.1 Å². The number of unbranched alkanes of at least 4 members (excludes halogenated alkanes) is 13. The normalized spacial score (nSPS) is 16.2. The highest BCUT2D eigenvalue weighted by Crippen LogP contribution is 2.20. The lowest BCUT2D eigenvalue weighted by Gasteiger charge is -2.24. The van der Waals surface area contributed by atoms with Crippen LogP contribution >= 0.6 is 0 Å². The Kier molecular flexibility index (Phi) is 16.7. The molecule has 1 unspecified atom stereocenters. The topological polar surface area (TPSA) is 75.4 Å². The molecule has 1 fully saturated rings. The van der Waals surface area contributed by atoms with Crippen molar-refractivity contribution in [1.29, 1.82) is 0 Å². The highest BCUT2D eigenvalue weighted by atomic mass is 16.2. The van der Waals surface area contributed by atoms with E-state index in [1.165, 1.54) is 64.2 Å². The highest BCUT2D eigenvalue weighted by Gasteiger charge is 2.33. The Morgan fingerprint density at radius 1 is 0.833 bits per heavy atom. The summed E-state index contributed by atoms with van der Waals surface area (Å²) < 4.78 is 0. The van der Waals surface area contributed by atoms with Crippen molar-refractivity contribution >= 4 is 11.8 Å². The summed E-state index contributed by atoms with van der Waals surface area (Å²) >= 11 is 0. The SMILES string of the molecule is CCCCCCCCCCCCC(=O)N1CCCC1C(=O)NCCCCCCCN. The number of amides is 2. The van der Waals surface area contributed by atoms with Gasteiger partial charge in [0.15, 0.2) is 0 Å². The van der Waals surface area contributed by atoms with Crippen LogP contribution in [0.2, 0.25) is 0 Å². The Bertz CT molecular complexity index is 442. The summed E-state index contributed by atoms with van der Waals surface area (Å²) in [5, 5.41) is 3.05. The maximum absolute atomic E-state index is 12.6. The fraction of sp³-hybridized carbons (Fsp3) is 0.920. The van der Waals surface area contributed by atoms with Crippen LogP contribution in [-0.2, 0) is 9.59 Å². The van der Waals surface area contributed by atoms with E-state index in [-0.39, 0.29) is 17.9 Å². The van der Waals surface area contributed by atoms with Gasteiger partial charge in [0.05, 0.1) is 0 Å². The van der Waals surface area contributed by atoms with E-state index in [9.17, 15) is 9.59 Å². The first-order valence-electron chi connectivity index (χ1n) is 13.0. The van der Waals surface area contributed by atoms with Crippen LogP contribution in [0.1, 0.15) is 122 Å². The third kappa shape index (κ3) is 12.6. The Labute approximate surface area is 185 Å². The third-order valence-corrected chi connectivity index (χ3v) is 6.30. The fourth-order valence-electron chi connectivity index (χ4n) is 4.37. The molecule has 1 heterocycles. The average Bonchev–Trinajstić information content (AvgIpc) is 3.24. The molecule has 0 aromatic carbocycles. The molecule has 3 N–H and O–H groups in total. The van der Waals surface area contributed by atoms with Crippen LogP contribution in [0.3, 0.4) is 0 Å². The van der Waals surface area contributed by atoms with Crippen LogP contribution in [0, 0.1) is 0 Å². The van der Waals surface area contributed by atoms with Gasteiger partial charge in [-0.2, -0.15) is 0 Å². The molecule has 0 aromatic rings. The lowest BCUT2D eigenvalue weighted by molar-refractivity contribution is -0.138. The second-order valence-electron chi connectivity index (χ2n) is 9.02. The quantitative estimate of drug-likeness (QED) is 0.276. The zero-order chi connectivity index (χ0) is 21.9. The molecule has 0 saturated carbocycles. The van der Waals surface area contributed by atoms with Crippen molar-refractivity contribution in [3.05, 3.63) is 0 Å². The smallest absolute Gasteiger partial charge is 0.242 e. The van der Waals surface area contributed by atoms with Crippen molar-refractivity contribution < 1.29 is 9.59 Å². The molecular formula is C25H49N3O2. The van der Waals surface area contributed by atoms with Crippen molar-refractivity contribution in [2.45, 2.75) is 129 Å². The number of nitrogens with two attached hydrogens (primary N) is 1. The van der Waals surface area contributed by atoms with Gasteiger partial charge in [0.25, 0.3) is 0 Å². The number of rotatable bonds is 19. The summed E-state index contributed by atoms with van der Waals surface area (Å²) in [5.41, 5.74) is 5.50. The summed E-state index contributed by atoms with van der Waals surface area (Å²) in [6, 6.07) is -0.238.